The summed E-state index contributed by atoms with van der Waals surface area (Å²) in [7, 11) is -0.563. The van der Waals surface area contributed by atoms with Crippen molar-refractivity contribution in [1.29, 1.82) is 0 Å². The molecule has 0 bridgehead atoms. The summed E-state index contributed by atoms with van der Waals surface area (Å²) in [5, 5.41) is 11.4. The third-order valence-corrected chi connectivity index (χ3v) is 14.7. The van der Waals surface area contributed by atoms with E-state index in [0.717, 1.165) is 45.7 Å². The summed E-state index contributed by atoms with van der Waals surface area (Å²) >= 11 is 3.66. The zero-order chi connectivity index (χ0) is 30.5. The molecule has 3 aromatic carbocycles. The van der Waals surface area contributed by atoms with Gasteiger partial charge in [-0.25, -0.2) is 0 Å². The summed E-state index contributed by atoms with van der Waals surface area (Å²) < 4.78 is 13.3. The fourth-order valence-corrected chi connectivity index (χ4v) is 12.1. The third-order valence-electron chi connectivity index (χ3n) is 9.87. The first-order valence-electron chi connectivity index (χ1n) is 15.1. The largest absolute Gasteiger partial charge is 0.497 e. The van der Waals surface area contributed by atoms with Gasteiger partial charge in [-0.05, 0) is 66.4 Å². The Morgan fingerprint density at radius 1 is 1.07 bits per heavy atom. The molecule has 7 nitrogen and oxygen atoms in total. The Bertz CT molecular complexity index is 1530. The number of anilines is 2. The van der Waals surface area contributed by atoms with Gasteiger partial charge < -0.3 is 24.4 Å². The van der Waals surface area contributed by atoms with E-state index in [0.29, 0.717) is 19.4 Å². The number of carbonyl (C=O) groups is 2. The van der Waals surface area contributed by atoms with Gasteiger partial charge in [0.1, 0.15) is 5.75 Å². The molecule has 3 aromatic rings. The maximum atomic E-state index is 14.7. The van der Waals surface area contributed by atoms with Crippen molar-refractivity contribution >= 4 is 52.4 Å². The van der Waals surface area contributed by atoms with Crippen molar-refractivity contribution in [2.75, 3.05) is 30.1 Å². The normalized spacial score (nSPS) is 25.2. The molecule has 1 N–H and O–H groups in total. The topological polar surface area (TPSA) is 79.3 Å². The van der Waals surface area contributed by atoms with Gasteiger partial charge in [-0.2, -0.15) is 0 Å². The molecule has 4 atom stereocenters. The Balaban J connectivity index is 1.37. The fourth-order valence-electron chi connectivity index (χ4n) is 7.72. The van der Waals surface area contributed by atoms with Crippen molar-refractivity contribution in [2.45, 2.75) is 63.1 Å². The maximum absolute atomic E-state index is 14.7. The number of fused-ring (bicyclic) bond motifs is 2. The number of hydrogen-bond donors (Lipinski definition) is 1. The second-order valence-corrected chi connectivity index (χ2v) is 18.1. The van der Waals surface area contributed by atoms with E-state index in [9.17, 15) is 14.7 Å². The zero-order valence-electron chi connectivity index (χ0n) is 25.2. The lowest BCUT2D eigenvalue weighted by Crippen LogP contribution is -2.51. The molecular formula is C34H39BrN2O5Si. The molecule has 9 heteroatoms. The molecule has 0 unspecified atom stereocenters. The monoisotopic (exact) mass is 662 g/mol. The molecule has 3 aliphatic heterocycles. The molecule has 43 heavy (non-hydrogen) atoms. The van der Waals surface area contributed by atoms with Crippen molar-refractivity contribution in [2.24, 2.45) is 5.92 Å². The number of methoxy groups -OCH3 is 1. The highest BCUT2D eigenvalue weighted by molar-refractivity contribution is 9.10. The van der Waals surface area contributed by atoms with E-state index in [2.05, 4.69) is 48.1 Å². The maximum Gasteiger partial charge on any atom is 0.264 e. The molecule has 6 rings (SSSR count). The van der Waals surface area contributed by atoms with Crippen LogP contribution in [0.4, 0.5) is 11.4 Å². The lowest BCUT2D eigenvalue weighted by Gasteiger charge is -2.37. The summed E-state index contributed by atoms with van der Waals surface area (Å²) in [4.78, 5) is 30.7. The number of halogens is 1. The van der Waals surface area contributed by atoms with Gasteiger partial charge in [0.2, 0.25) is 5.91 Å². The Labute approximate surface area is 262 Å². The smallest absolute Gasteiger partial charge is 0.264 e. The van der Waals surface area contributed by atoms with E-state index < -0.39 is 13.7 Å². The van der Waals surface area contributed by atoms with Crippen LogP contribution in [-0.2, 0) is 26.5 Å². The average molecular weight is 664 g/mol. The lowest BCUT2D eigenvalue weighted by molar-refractivity contribution is -0.146. The van der Waals surface area contributed by atoms with Crippen LogP contribution >= 0.6 is 15.9 Å². The second-order valence-electron chi connectivity index (χ2n) is 12.5. The van der Waals surface area contributed by atoms with Gasteiger partial charge in [-0.1, -0.05) is 65.4 Å². The predicted octanol–water partition coefficient (Wildman–Crippen LogP) is 5.73. The van der Waals surface area contributed by atoms with Crippen LogP contribution in [0.25, 0.3) is 0 Å². The quantitative estimate of drug-likeness (QED) is 0.312. The van der Waals surface area contributed by atoms with Crippen molar-refractivity contribution in [1.82, 2.24) is 0 Å². The van der Waals surface area contributed by atoms with E-state index >= 15 is 0 Å². The average Bonchev–Trinajstić information content (AvgIpc) is 3.63. The number of aliphatic hydroxyl groups excluding tert-OH is 1. The van der Waals surface area contributed by atoms with Crippen LogP contribution in [0.15, 0.2) is 71.2 Å². The van der Waals surface area contributed by atoms with Crippen molar-refractivity contribution in [3.8, 4) is 5.75 Å². The molecule has 226 valence electrons. The predicted molar refractivity (Wildman–Crippen MR) is 175 cm³/mol. The number of ether oxygens (including phenoxy) is 2. The number of nitrogens with zero attached hydrogens (tertiary/aromatic N) is 2. The molecule has 3 heterocycles. The summed E-state index contributed by atoms with van der Waals surface area (Å²) in [5.41, 5.74) is 2.54. The molecule has 3 aliphatic rings. The Kier molecular flexibility index (Phi) is 8.04. The number of amides is 2. The van der Waals surface area contributed by atoms with Gasteiger partial charge in [-0.3, -0.25) is 9.59 Å². The number of carbonyl (C=O) groups excluding carboxylic acids is 2. The third kappa shape index (κ3) is 4.94. The number of hydrogen-bond acceptors (Lipinski definition) is 5. The van der Waals surface area contributed by atoms with Crippen molar-refractivity contribution in [3.05, 3.63) is 82.3 Å². The second kappa shape index (κ2) is 11.5. The molecule has 0 saturated carbocycles. The molecular weight excluding hydrogens is 624 g/mol. The minimum absolute atomic E-state index is 0.00776. The van der Waals surface area contributed by atoms with Crippen LogP contribution in [0, 0.1) is 5.92 Å². The van der Waals surface area contributed by atoms with Gasteiger partial charge in [0.15, 0.2) is 5.60 Å². The van der Waals surface area contributed by atoms with Gasteiger partial charge >= 0.3 is 0 Å². The number of rotatable bonds is 8. The Hall–Kier alpha value is -2.98. The van der Waals surface area contributed by atoms with Crippen molar-refractivity contribution < 1.29 is 24.2 Å². The van der Waals surface area contributed by atoms with E-state index in [1.807, 2.05) is 64.4 Å². The highest BCUT2D eigenvalue weighted by Crippen LogP contribution is 2.60. The highest BCUT2D eigenvalue weighted by atomic mass is 79.9. The Morgan fingerprint density at radius 2 is 1.79 bits per heavy atom. The van der Waals surface area contributed by atoms with Gasteiger partial charge in [0.05, 0.1) is 33.5 Å². The summed E-state index contributed by atoms with van der Waals surface area (Å²) in [6.45, 7) is 7.98. The van der Waals surface area contributed by atoms with Crippen LogP contribution in [-0.4, -0.2) is 51.4 Å². The SMILES string of the molecule is COc1ccc([Si](C)(C)[C@H]2[C@H](CCO)O[C@@]3(C(=O)N(Cc4ccc(N5CCCC5=O)cc4)c4ccc(Br)cc43)[C@@H]2C)cc1. The first-order chi connectivity index (χ1) is 20.6. The van der Waals surface area contributed by atoms with Crippen LogP contribution in [0.3, 0.4) is 0 Å². The fraction of sp³-hybridized carbons (Fsp3) is 0.412. The first kappa shape index (κ1) is 30.1. The first-order valence-corrected chi connectivity index (χ1v) is 18.9. The van der Waals surface area contributed by atoms with E-state index in [1.165, 1.54) is 5.19 Å². The Morgan fingerprint density at radius 3 is 2.42 bits per heavy atom. The molecule has 0 radical (unpaired) electrons. The number of benzene rings is 3. The van der Waals surface area contributed by atoms with Crippen molar-refractivity contribution in [3.63, 3.8) is 0 Å². The molecule has 2 saturated heterocycles. The molecule has 0 aliphatic carbocycles. The lowest BCUT2D eigenvalue weighted by atomic mass is 9.82. The van der Waals surface area contributed by atoms with E-state index in [-0.39, 0.29) is 36.0 Å². The van der Waals surface area contributed by atoms with Crippen LogP contribution in [0.2, 0.25) is 18.6 Å². The van der Waals surface area contributed by atoms with E-state index in [4.69, 9.17) is 9.47 Å². The van der Waals surface area contributed by atoms with Gasteiger partial charge in [0, 0.05) is 41.2 Å². The zero-order valence-corrected chi connectivity index (χ0v) is 27.8. The van der Waals surface area contributed by atoms with Crippen LogP contribution in [0.1, 0.15) is 37.3 Å². The van der Waals surface area contributed by atoms with E-state index in [1.54, 1.807) is 7.11 Å². The highest BCUT2D eigenvalue weighted by Gasteiger charge is 2.66. The van der Waals surface area contributed by atoms with Crippen LogP contribution in [0.5, 0.6) is 5.75 Å². The molecule has 0 aromatic heterocycles. The van der Waals surface area contributed by atoms with Crippen LogP contribution < -0.4 is 19.7 Å². The summed E-state index contributed by atoms with van der Waals surface area (Å²) in [5.74, 6) is 0.788. The standard InChI is InChI=1S/C34H39BrN2O5Si/c1-22-32(43(3,4)27-14-12-26(41-2)13-15-27)30(17-19-38)42-34(22)28-20-24(35)9-16-29(28)37(33(34)40)21-23-7-10-25(11-8-23)36-18-5-6-31(36)39/h7-16,20,22,30,32,38H,5-6,17-19,21H2,1-4H3/t22-,30+,32-,34+/m1/s1. The number of aliphatic hydroxyl groups is 1. The minimum Gasteiger partial charge on any atom is -0.497 e. The summed E-state index contributed by atoms with van der Waals surface area (Å²) in [6, 6.07) is 22.3. The minimum atomic E-state index is -2.23. The summed E-state index contributed by atoms with van der Waals surface area (Å²) in [6.07, 6.45) is 1.67. The van der Waals surface area contributed by atoms with Gasteiger partial charge in [-0.15, -0.1) is 0 Å². The van der Waals surface area contributed by atoms with Gasteiger partial charge in [0.25, 0.3) is 5.91 Å². The molecule has 1 spiro atoms. The molecule has 2 fully saturated rings. The molecule has 2 amide bonds.